The Bertz CT molecular complexity index is 451. The molecule has 1 aromatic rings. The highest BCUT2D eigenvalue weighted by Crippen LogP contribution is 2.11. The highest BCUT2D eigenvalue weighted by Gasteiger charge is 2.25. The largest absolute Gasteiger partial charge is 0.391 e. The minimum atomic E-state index is -0.357. The van der Waals surface area contributed by atoms with Crippen molar-refractivity contribution in [2.24, 2.45) is 5.92 Å². The van der Waals surface area contributed by atoms with Crippen molar-refractivity contribution in [2.75, 3.05) is 19.6 Å². The summed E-state index contributed by atoms with van der Waals surface area (Å²) in [5.74, 6) is 0.0475. The second-order valence-corrected chi connectivity index (χ2v) is 5.01. The molecule has 4 nitrogen and oxygen atoms in total. The van der Waals surface area contributed by atoms with Crippen molar-refractivity contribution in [1.29, 1.82) is 0 Å². The van der Waals surface area contributed by atoms with Gasteiger partial charge in [0.05, 0.1) is 6.10 Å². The Morgan fingerprint density at radius 3 is 2.74 bits per heavy atom. The van der Waals surface area contributed by atoms with Gasteiger partial charge in [0.2, 0.25) is 0 Å². The number of nitrogens with one attached hydrogen (secondary N) is 2. The number of aryl methyl sites for hydroxylation is 2. The van der Waals surface area contributed by atoms with Crippen LogP contribution in [0.2, 0.25) is 0 Å². The number of amides is 1. The van der Waals surface area contributed by atoms with Crippen LogP contribution in [0.5, 0.6) is 0 Å². The summed E-state index contributed by atoms with van der Waals surface area (Å²) in [7, 11) is 0. The molecule has 2 unspecified atom stereocenters. The predicted molar refractivity (Wildman–Crippen MR) is 77.9 cm³/mol. The second-order valence-electron chi connectivity index (χ2n) is 5.01. The van der Waals surface area contributed by atoms with E-state index in [2.05, 4.69) is 10.6 Å². The monoisotopic (exact) mass is 284 g/mol. The van der Waals surface area contributed by atoms with Crippen molar-refractivity contribution in [3.05, 3.63) is 34.9 Å². The first-order valence-corrected chi connectivity index (χ1v) is 6.32. The minimum absolute atomic E-state index is 0. The maximum absolute atomic E-state index is 12.0. The smallest absolute Gasteiger partial charge is 0.251 e. The lowest BCUT2D eigenvalue weighted by Gasteiger charge is -2.15. The Labute approximate surface area is 120 Å². The van der Waals surface area contributed by atoms with Crippen LogP contribution in [-0.2, 0) is 0 Å². The maximum atomic E-state index is 12.0. The molecule has 2 rings (SSSR count). The quantitative estimate of drug-likeness (QED) is 0.777. The van der Waals surface area contributed by atoms with Gasteiger partial charge in [0.1, 0.15) is 0 Å². The number of hydrogen-bond donors (Lipinski definition) is 3. The molecule has 1 amide bonds. The average molecular weight is 285 g/mol. The third-order valence-electron chi connectivity index (χ3n) is 3.46. The van der Waals surface area contributed by atoms with Gasteiger partial charge in [-0.25, -0.2) is 0 Å². The fourth-order valence-corrected chi connectivity index (χ4v) is 2.31. The lowest BCUT2D eigenvalue weighted by Crippen LogP contribution is -2.34. The zero-order chi connectivity index (χ0) is 13.1. The van der Waals surface area contributed by atoms with E-state index in [0.29, 0.717) is 18.7 Å². The molecule has 0 saturated carbocycles. The van der Waals surface area contributed by atoms with E-state index in [1.807, 2.05) is 32.0 Å². The van der Waals surface area contributed by atoms with Crippen LogP contribution in [0.25, 0.3) is 0 Å². The second kappa shape index (κ2) is 6.89. The molecule has 19 heavy (non-hydrogen) atoms. The van der Waals surface area contributed by atoms with Crippen molar-refractivity contribution in [1.82, 2.24) is 10.6 Å². The van der Waals surface area contributed by atoms with E-state index in [4.69, 9.17) is 0 Å². The van der Waals surface area contributed by atoms with E-state index in [-0.39, 0.29) is 30.3 Å². The molecule has 1 aliphatic rings. The zero-order valence-corrected chi connectivity index (χ0v) is 12.1. The topological polar surface area (TPSA) is 61.4 Å². The summed E-state index contributed by atoms with van der Waals surface area (Å²) in [4.78, 5) is 12.0. The third-order valence-corrected chi connectivity index (χ3v) is 3.46. The number of carbonyl (C=O) groups excluding carboxylic acids is 1. The van der Waals surface area contributed by atoms with E-state index < -0.39 is 0 Å². The molecule has 0 radical (unpaired) electrons. The molecule has 106 valence electrons. The van der Waals surface area contributed by atoms with E-state index in [1.54, 1.807) is 0 Å². The van der Waals surface area contributed by atoms with Crippen LogP contribution >= 0.6 is 12.4 Å². The standard InChI is InChI=1S/C14H20N2O2.ClH/c1-9-3-4-12(10(2)5-9)14(18)16-7-11-6-15-8-13(11)17;/h3-5,11,13,15,17H,6-8H2,1-2H3,(H,16,18);1H. The predicted octanol–water partition coefficient (Wildman–Crippen LogP) is 1.04. The first-order valence-electron chi connectivity index (χ1n) is 6.32. The Kier molecular flexibility index (Phi) is 5.79. The van der Waals surface area contributed by atoms with Gasteiger partial charge in [-0.05, 0) is 25.5 Å². The van der Waals surface area contributed by atoms with Gasteiger partial charge in [0.25, 0.3) is 5.91 Å². The molecule has 3 N–H and O–H groups in total. The molecule has 2 atom stereocenters. The Balaban J connectivity index is 0.00000180. The van der Waals surface area contributed by atoms with Crippen molar-refractivity contribution in [3.63, 3.8) is 0 Å². The zero-order valence-electron chi connectivity index (χ0n) is 11.3. The van der Waals surface area contributed by atoms with Crippen LogP contribution in [-0.4, -0.2) is 36.8 Å². The van der Waals surface area contributed by atoms with Crippen LogP contribution in [0.3, 0.4) is 0 Å². The van der Waals surface area contributed by atoms with Crippen molar-refractivity contribution >= 4 is 18.3 Å². The van der Waals surface area contributed by atoms with Gasteiger partial charge in [-0.1, -0.05) is 17.7 Å². The fourth-order valence-electron chi connectivity index (χ4n) is 2.31. The minimum Gasteiger partial charge on any atom is -0.391 e. The molecule has 0 spiro atoms. The molecular formula is C14H21ClN2O2. The van der Waals surface area contributed by atoms with Gasteiger partial charge in [-0.2, -0.15) is 0 Å². The molecule has 1 fully saturated rings. The number of aliphatic hydroxyl groups excluding tert-OH is 1. The van der Waals surface area contributed by atoms with Crippen molar-refractivity contribution < 1.29 is 9.90 Å². The van der Waals surface area contributed by atoms with E-state index >= 15 is 0 Å². The van der Waals surface area contributed by atoms with Crippen LogP contribution < -0.4 is 10.6 Å². The number of β-amino-alcohol motifs (C(OH)–C–C–N with tert-alkyl or cyclic N) is 1. The number of hydrogen-bond acceptors (Lipinski definition) is 3. The van der Waals surface area contributed by atoms with Gasteiger partial charge in [0.15, 0.2) is 0 Å². The summed E-state index contributed by atoms with van der Waals surface area (Å²) in [5.41, 5.74) is 2.85. The molecule has 0 aromatic heterocycles. The molecule has 1 heterocycles. The average Bonchev–Trinajstić information content (AvgIpc) is 2.72. The van der Waals surface area contributed by atoms with Gasteiger partial charge in [-0.3, -0.25) is 4.79 Å². The normalized spacial score (nSPS) is 21.8. The fraction of sp³-hybridized carbons (Fsp3) is 0.500. The Hall–Kier alpha value is -1.10. The molecule has 5 heteroatoms. The number of rotatable bonds is 3. The van der Waals surface area contributed by atoms with Crippen LogP contribution in [0.4, 0.5) is 0 Å². The number of carbonyl (C=O) groups is 1. The van der Waals surface area contributed by atoms with E-state index in [0.717, 1.165) is 17.7 Å². The lowest BCUT2D eigenvalue weighted by atomic mass is 10.0. The van der Waals surface area contributed by atoms with Crippen LogP contribution in [0.1, 0.15) is 21.5 Å². The van der Waals surface area contributed by atoms with Crippen molar-refractivity contribution in [2.45, 2.75) is 20.0 Å². The van der Waals surface area contributed by atoms with Gasteiger partial charge in [0, 0.05) is 31.1 Å². The maximum Gasteiger partial charge on any atom is 0.251 e. The van der Waals surface area contributed by atoms with Crippen LogP contribution in [0, 0.1) is 19.8 Å². The summed E-state index contributed by atoms with van der Waals surface area (Å²) >= 11 is 0. The first kappa shape index (κ1) is 16.0. The Morgan fingerprint density at radius 1 is 1.42 bits per heavy atom. The Morgan fingerprint density at radius 2 is 2.16 bits per heavy atom. The summed E-state index contributed by atoms with van der Waals surface area (Å²) in [6.07, 6.45) is -0.357. The molecule has 0 aliphatic carbocycles. The molecule has 0 bridgehead atoms. The van der Waals surface area contributed by atoms with Gasteiger partial charge < -0.3 is 15.7 Å². The van der Waals surface area contributed by atoms with E-state index in [9.17, 15) is 9.90 Å². The number of aliphatic hydroxyl groups is 1. The first-order chi connectivity index (χ1) is 8.58. The third kappa shape index (κ3) is 3.93. The molecule has 1 aromatic carbocycles. The summed E-state index contributed by atoms with van der Waals surface area (Å²) in [6.45, 7) is 5.84. The molecular weight excluding hydrogens is 264 g/mol. The summed E-state index contributed by atoms with van der Waals surface area (Å²) in [5, 5.41) is 15.6. The van der Waals surface area contributed by atoms with Crippen molar-refractivity contribution in [3.8, 4) is 0 Å². The SMILES string of the molecule is Cc1ccc(C(=O)NCC2CNCC2O)c(C)c1.Cl. The summed E-state index contributed by atoms with van der Waals surface area (Å²) < 4.78 is 0. The molecule has 1 saturated heterocycles. The van der Waals surface area contributed by atoms with Gasteiger partial charge >= 0.3 is 0 Å². The highest BCUT2D eigenvalue weighted by atomic mass is 35.5. The summed E-state index contributed by atoms with van der Waals surface area (Å²) in [6, 6.07) is 5.79. The van der Waals surface area contributed by atoms with E-state index in [1.165, 1.54) is 0 Å². The number of halogens is 1. The highest BCUT2D eigenvalue weighted by molar-refractivity contribution is 5.95. The number of benzene rings is 1. The van der Waals surface area contributed by atoms with Gasteiger partial charge in [-0.15, -0.1) is 12.4 Å². The molecule has 1 aliphatic heterocycles. The van der Waals surface area contributed by atoms with Crippen LogP contribution in [0.15, 0.2) is 18.2 Å². The lowest BCUT2D eigenvalue weighted by molar-refractivity contribution is 0.0926.